The lowest BCUT2D eigenvalue weighted by atomic mass is 10.0. The molecule has 2 atom stereocenters. The van der Waals surface area contributed by atoms with E-state index in [1.165, 1.54) is 19.1 Å². The number of ether oxygens (including phenoxy) is 1. The highest BCUT2D eigenvalue weighted by Crippen LogP contribution is 2.20. The topological polar surface area (TPSA) is 72.5 Å². The van der Waals surface area contributed by atoms with Crippen molar-refractivity contribution in [2.75, 3.05) is 13.2 Å². The fraction of sp³-hybridized carbons (Fsp3) is 0.500. The van der Waals surface area contributed by atoms with Crippen molar-refractivity contribution >= 4 is 15.8 Å². The second kappa shape index (κ2) is 6.03. The quantitative estimate of drug-likeness (QED) is 0.838. The highest BCUT2D eigenvalue weighted by molar-refractivity contribution is 7.89. The monoisotopic (exact) mass is 297 g/mol. The van der Waals surface area contributed by atoms with Gasteiger partial charge in [0.2, 0.25) is 10.0 Å². The maximum absolute atomic E-state index is 12.2. The number of ketones is 1. The summed E-state index contributed by atoms with van der Waals surface area (Å²) in [6.45, 7) is 4.39. The molecule has 1 N–H and O–H groups in total. The standard InChI is InChI=1S/C14H19NO4S/c1-10(16)12-4-3-5-14(8-12)20(17,18)15-9-13-6-7-19-11(13)2/h3-5,8,11,13,15H,6-7,9H2,1-2H3. The Hall–Kier alpha value is -1.24. The summed E-state index contributed by atoms with van der Waals surface area (Å²) in [7, 11) is -3.58. The van der Waals surface area contributed by atoms with Gasteiger partial charge in [-0.2, -0.15) is 0 Å². The third kappa shape index (κ3) is 3.45. The predicted octanol–water partition coefficient (Wildman–Crippen LogP) is 1.59. The summed E-state index contributed by atoms with van der Waals surface area (Å²) < 4.78 is 32.4. The number of rotatable bonds is 5. The van der Waals surface area contributed by atoms with E-state index in [1.807, 2.05) is 6.92 Å². The fourth-order valence-electron chi connectivity index (χ4n) is 2.23. The first-order valence-corrected chi connectivity index (χ1v) is 8.11. The van der Waals surface area contributed by atoms with Gasteiger partial charge in [-0.25, -0.2) is 13.1 Å². The van der Waals surface area contributed by atoms with Gasteiger partial charge in [-0.15, -0.1) is 0 Å². The van der Waals surface area contributed by atoms with Gasteiger partial charge in [0.15, 0.2) is 5.78 Å². The molecule has 6 heteroatoms. The molecule has 0 spiro atoms. The molecule has 2 unspecified atom stereocenters. The smallest absolute Gasteiger partial charge is 0.240 e. The number of hydrogen-bond acceptors (Lipinski definition) is 4. The van der Waals surface area contributed by atoms with Crippen LogP contribution in [0, 0.1) is 5.92 Å². The van der Waals surface area contributed by atoms with Gasteiger partial charge in [-0.05, 0) is 32.4 Å². The van der Waals surface area contributed by atoms with Crippen LogP contribution in [0.4, 0.5) is 0 Å². The Morgan fingerprint density at radius 1 is 1.45 bits per heavy atom. The van der Waals surface area contributed by atoms with Gasteiger partial charge in [0.1, 0.15) is 0 Å². The first kappa shape index (κ1) is 15.2. The van der Waals surface area contributed by atoms with Crippen LogP contribution in [0.2, 0.25) is 0 Å². The summed E-state index contributed by atoms with van der Waals surface area (Å²) in [6.07, 6.45) is 0.929. The highest BCUT2D eigenvalue weighted by Gasteiger charge is 2.26. The SMILES string of the molecule is CC(=O)c1cccc(S(=O)(=O)NCC2CCOC2C)c1. The molecule has 0 amide bonds. The van der Waals surface area contributed by atoms with Crippen LogP contribution in [0.5, 0.6) is 0 Å². The molecule has 1 fully saturated rings. The Balaban J connectivity index is 2.10. The van der Waals surface area contributed by atoms with Crippen LogP contribution in [0.15, 0.2) is 29.2 Å². The molecule has 1 heterocycles. The zero-order chi connectivity index (χ0) is 14.8. The van der Waals surface area contributed by atoms with E-state index in [0.29, 0.717) is 18.7 Å². The van der Waals surface area contributed by atoms with Gasteiger partial charge in [-0.3, -0.25) is 4.79 Å². The molecule has 1 aliphatic rings. The van der Waals surface area contributed by atoms with E-state index in [-0.39, 0.29) is 22.7 Å². The van der Waals surface area contributed by atoms with Crippen molar-refractivity contribution in [1.82, 2.24) is 4.72 Å². The van der Waals surface area contributed by atoms with E-state index in [1.54, 1.807) is 12.1 Å². The van der Waals surface area contributed by atoms with E-state index in [4.69, 9.17) is 4.74 Å². The van der Waals surface area contributed by atoms with Crippen molar-refractivity contribution in [3.05, 3.63) is 29.8 Å². The van der Waals surface area contributed by atoms with Crippen LogP contribution < -0.4 is 4.72 Å². The van der Waals surface area contributed by atoms with Gasteiger partial charge >= 0.3 is 0 Å². The number of Topliss-reactive ketones (excluding diaryl/α,β-unsaturated/α-hetero) is 1. The van der Waals surface area contributed by atoms with Crippen molar-refractivity contribution in [3.63, 3.8) is 0 Å². The zero-order valence-electron chi connectivity index (χ0n) is 11.6. The summed E-state index contributed by atoms with van der Waals surface area (Å²) in [5.74, 6) is 0.0422. The Morgan fingerprint density at radius 2 is 2.20 bits per heavy atom. The van der Waals surface area contributed by atoms with Gasteiger partial charge in [-0.1, -0.05) is 12.1 Å². The van der Waals surface area contributed by atoms with Gasteiger partial charge in [0.25, 0.3) is 0 Å². The van der Waals surface area contributed by atoms with Crippen LogP contribution in [-0.2, 0) is 14.8 Å². The lowest BCUT2D eigenvalue weighted by Crippen LogP contribution is -2.32. The summed E-state index contributed by atoms with van der Waals surface area (Å²) >= 11 is 0. The first-order chi connectivity index (χ1) is 9.40. The molecule has 1 saturated heterocycles. The fourth-order valence-corrected chi connectivity index (χ4v) is 3.37. The molecule has 0 saturated carbocycles. The number of sulfonamides is 1. The average molecular weight is 297 g/mol. The highest BCUT2D eigenvalue weighted by atomic mass is 32.2. The minimum absolute atomic E-state index is 0.0706. The molecule has 0 radical (unpaired) electrons. The molecule has 1 aromatic rings. The first-order valence-electron chi connectivity index (χ1n) is 6.62. The van der Waals surface area contributed by atoms with Crippen LogP contribution >= 0.6 is 0 Å². The van der Waals surface area contributed by atoms with Crippen molar-refractivity contribution in [2.24, 2.45) is 5.92 Å². The molecule has 5 nitrogen and oxygen atoms in total. The van der Waals surface area contributed by atoms with E-state index < -0.39 is 10.0 Å². The molecule has 0 aliphatic carbocycles. The van der Waals surface area contributed by atoms with Crippen molar-refractivity contribution in [1.29, 1.82) is 0 Å². The molecular formula is C14H19NO4S. The third-order valence-electron chi connectivity index (χ3n) is 3.62. The van der Waals surface area contributed by atoms with Gasteiger partial charge in [0.05, 0.1) is 11.0 Å². The van der Waals surface area contributed by atoms with Gasteiger partial charge in [0, 0.05) is 24.6 Å². The molecule has 0 aromatic heterocycles. The number of benzene rings is 1. The summed E-state index contributed by atoms with van der Waals surface area (Å²) in [5, 5.41) is 0. The van der Waals surface area contributed by atoms with E-state index in [9.17, 15) is 13.2 Å². The van der Waals surface area contributed by atoms with Crippen LogP contribution in [0.1, 0.15) is 30.6 Å². The summed E-state index contributed by atoms with van der Waals surface area (Å²) in [4.78, 5) is 11.4. The van der Waals surface area contributed by atoms with Crippen molar-refractivity contribution in [2.45, 2.75) is 31.3 Å². The normalized spacial score (nSPS) is 22.9. The summed E-state index contributed by atoms with van der Waals surface area (Å²) in [6, 6.07) is 6.07. The molecule has 110 valence electrons. The Morgan fingerprint density at radius 3 is 2.80 bits per heavy atom. The van der Waals surface area contributed by atoms with E-state index >= 15 is 0 Å². The van der Waals surface area contributed by atoms with Crippen LogP contribution in [-0.4, -0.2) is 33.5 Å². The molecule has 2 rings (SSSR count). The third-order valence-corrected chi connectivity index (χ3v) is 5.04. The lowest BCUT2D eigenvalue weighted by molar-refractivity contribution is 0.101. The van der Waals surface area contributed by atoms with Crippen LogP contribution in [0.25, 0.3) is 0 Å². The number of carbonyl (C=O) groups excluding carboxylic acids is 1. The van der Waals surface area contributed by atoms with Crippen molar-refractivity contribution in [3.8, 4) is 0 Å². The predicted molar refractivity (Wildman–Crippen MR) is 75.2 cm³/mol. The minimum Gasteiger partial charge on any atom is -0.378 e. The second-order valence-corrected chi connectivity index (χ2v) is 6.83. The second-order valence-electron chi connectivity index (χ2n) is 5.06. The number of hydrogen-bond donors (Lipinski definition) is 1. The average Bonchev–Trinajstić information content (AvgIpc) is 2.82. The largest absolute Gasteiger partial charge is 0.378 e. The maximum Gasteiger partial charge on any atom is 0.240 e. The van der Waals surface area contributed by atoms with Gasteiger partial charge < -0.3 is 4.74 Å². The molecule has 1 aromatic carbocycles. The lowest BCUT2D eigenvalue weighted by Gasteiger charge is -2.15. The van der Waals surface area contributed by atoms with E-state index in [2.05, 4.69) is 4.72 Å². The maximum atomic E-state index is 12.2. The minimum atomic E-state index is -3.58. The van der Waals surface area contributed by atoms with E-state index in [0.717, 1.165) is 6.42 Å². The Bertz CT molecular complexity index is 597. The van der Waals surface area contributed by atoms with Crippen LogP contribution in [0.3, 0.4) is 0 Å². The van der Waals surface area contributed by atoms with Crippen molar-refractivity contribution < 1.29 is 17.9 Å². The molecule has 1 aliphatic heterocycles. The number of nitrogens with one attached hydrogen (secondary N) is 1. The number of carbonyl (C=O) groups is 1. The molecule has 0 bridgehead atoms. The Labute approximate surface area is 119 Å². The molecule has 20 heavy (non-hydrogen) atoms. The molecular weight excluding hydrogens is 278 g/mol. The zero-order valence-corrected chi connectivity index (χ0v) is 12.4. The Kier molecular flexibility index (Phi) is 4.57. The summed E-state index contributed by atoms with van der Waals surface area (Å²) in [5.41, 5.74) is 0.394.